The van der Waals surface area contributed by atoms with Gasteiger partial charge < -0.3 is 15.0 Å². The number of H-pyrrole nitrogens is 1. The number of carbonyl (C=O) groups excluding carboxylic acids is 1. The van der Waals surface area contributed by atoms with Gasteiger partial charge >= 0.3 is 0 Å². The third-order valence-electron chi connectivity index (χ3n) is 4.54. The monoisotopic (exact) mass is 369 g/mol. The number of aromatic amines is 1. The number of carbonyl (C=O) groups is 1. The Hall–Kier alpha value is -2.89. The SMILES string of the molecule is COc1ccc(CCC(=O)N[C@H](c2nc3ccccc3[nH]2)C(C)C)cc1F. The molecule has 5 nitrogen and oxygen atoms in total. The molecule has 27 heavy (non-hydrogen) atoms. The van der Waals surface area contributed by atoms with Crippen LogP contribution in [0.3, 0.4) is 0 Å². The van der Waals surface area contributed by atoms with E-state index >= 15 is 0 Å². The Bertz CT molecular complexity index is 903. The number of nitrogens with one attached hydrogen (secondary N) is 2. The van der Waals surface area contributed by atoms with Crippen LogP contribution in [0.2, 0.25) is 0 Å². The Labute approximate surface area is 158 Å². The summed E-state index contributed by atoms with van der Waals surface area (Å²) in [5.74, 6) is 0.610. The number of ether oxygens (including phenoxy) is 1. The number of aryl methyl sites for hydroxylation is 1. The third-order valence-corrected chi connectivity index (χ3v) is 4.54. The van der Waals surface area contributed by atoms with Crippen molar-refractivity contribution in [3.63, 3.8) is 0 Å². The van der Waals surface area contributed by atoms with Gasteiger partial charge in [-0.2, -0.15) is 0 Å². The lowest BCUT2D eigenvalue weighted by atomic mass is 10.0. The first kappa shape index (κ1) is 18.9. The number of aromatic nitrogens is 2. The van der Waals surface area contributed by atoms with Crippen LogP contribution in [0, 0.1) is 11.7 Å². The average molecular weight is 369 g/mol. The fourth-order valence-electron chi connectivity index (χ4n) is 3.04. The van der Waals surface area contributed by atoms with Crippen LogP contribution in [0.1, 0.15) is 37.7 Å². The van der Waals surface area contributed by atoms with E-state index in [0.29, 0.717) is 6.42 Å². The lowest BCUT2D eigenvalue weighted by Gasteiger charge is -2.20. The van der Waals surface area contributed by atoms with Gasteiger partial charge in [0.15, 0.2) is 11.6 Å². The summed E-state index contributed by atoms with van der Waals surface area (Å²) in [6, 6.07) is 12.3. The van der Waals surface area contributed by atoms with Gasteiger partial charge in [0.2, 0.25) is 5.91 Å². The number of nitrogens with zero attached hydrogens (tertiary/aromatic N) is 1. The zero-order chi connectivity index (χ0) is 19.4. The van der Waals surface area contributed by atoms with Crippen molar-refractivity contribution < 1.29 is 13.9 Å². The summed E-state index contributed by atoms with van der Waals surface area (Å²) < 4.78 is 18.7. The molecular formula is C21H24FN3O2. The number of para-hydroxylation sites is 2. The van der Waals surface area contributed by atoms with Gasteiger partial charge in [0.25, 0.3) is 0 Å². The molecule has 0 spiro atoms. The highest BCUT2D eigenvalue weighted by Crippen LogP contribution is 2.23. The second kappa shape index (κ2) is 8.20. The predicted molar refractivity (Wildman–Crippen MR) is 103 cm³/mol. The van der Waals surface area contributed by atoms with Crippen molar-refractivity contribution in [3.05, 3.63) is 59.7 Å². The van der Waals surface area contributed by atoms with E-state index in [9.17, 15) is 9.18 Å². The molecule has 0 saturated carbocycles. The van der Waals surface area contributed by atoms with E-state index in [2.05, 4.69) is 15.3 Å². The smallest absolute Gasteiger partial charge is 0.220 e. The van der Waals surface area contributed by atoms with Crippen LogP contribution in [0.15, 0.2) is 42.5 Å². The molecule has 0 fully saturated rings. The minimum Gasteiger partial charge on any atom is -0.494 e. The van der Waals surface area contributed by atoms with Gasteiger partial charge in [-0.3, -0.25) is 4.79 Å². The fourth-order valence-corrected chi connectivity index (χ4v) is 3.04. The van der Waals surface area contributed by atoms with Gasteiger partial charge in [-0.05, 0) is 42.2 Å². The van der Waals surface area contributed by atoms with Gasteiger partial charge in [0.05, 0.1) is 24.2 Å². The Kier molecular flexibility index (Phi) is 5.74. The van der Waals surface area contributed by atoms with E-state index in [4.69, 9.17) is 4.74 Å². The number of rotatable bonds is 7. The number of imidazole rings is 1. The molecule has 2 aromatic carbocycles. The zero-order valence-electron chi connectivity index (χ0n) is 15.8. The lowest BCUT2D eigenvalue weighted by molar-refractivity contribution is -0.122. The minimum absolute atomic E-state index is 0.0922. The van der Waals surface area contributed by atoms with Crippen molar-refractivity contribution in [2.24, 2.45) is 5.92 Å². The molecule has 0 saturated heterocycles. The summed E-state index contributed by atoms with van der Waals surface area (Å²) in [6.07, 6.45) is 0.729. The van der Waals surface area contributed by atoms with Crippen molar-refractivity contribution in [2.75, 3.05) is 7.11 Å². The zero-order valence-corrected chi connectivity index (χ0v) is 15.8. The molecule has 0 aliphatic carbocycles. The van der Waals surface area contributed by atoms with Gasteiger partial charge in [-0.15, -0.1) is 0 Å². The molecule has 3 rings (SSSR count). The Balaban J connectivity index is 1.66. The van der Waals surface area contributed by atoms with Gasteiger partial charge in [0, 0.05) is 6.42 Å². The molecule has 1 atom stereocenters. The summed E-state index contributed by atoms with van der Waals surface area (Å²) in [5, 5.41) is 3.05. The number of hydrogen-bond acceptors (Lipinski definition) is 3. The number of halogens is 1. The first-order valence-corrected chi connectivity index (χ1v) is 9.04. The Morgan fingerprint density at radius 1 is 1.26 bits per heavy atom. The third kappa shape index (κ3) is 4.45. The van der Waals surface area contributed by atoms with Crippen LogP contribution < -0.4 is 10.1 Å². The standard InChI is InChI=1S/C21H24FN3O2/c1-13(2)20(21-23-16-6-4-5-7-17(16)24-21)25-19(26)11-9-14-8-10-18(27-3)15(22)12-14/h4-8,10,12-13,20H,9,11H2,1-3H3,(H,23,24)(H,25,26)/t20-/m0/s1. The van der Waals surface area contributed by atoms with Crippen LogP contribution in [0.25, 0.3) is 11.0 Å². The van der Waals surface area contributed by atoms with Crippen LogP contribution in [-0.2, 0) is 11.2 Å². The molecule has 0 aliphatic rings. The van der Waals surface area contributed by atoms with Crippen LogP contribution >= 0.6 is 0 Å². The quantitative estimate of drug-likeness (QED) is 0.657. The molecule has 2 N–H and O–H groups in total. The number of amides is 1. The Morgan fingerprint density at radius 2 is 2.04 bits per heavy atom. The summed E-state index contributed by atoms with van der Waals surface area (Å²) in [4.78, 5) is 20.3. The predicted octanol–water partition coefficient (Wildman–Crippen LogP) is 4.16. The van der Waals surface area contributed by atoms with Crippen molar-refractivity contribution in [2.45, 2.75) is 32.7 Å². The van der Waals surface area contributed by atoms with E-state index < -0.39 is 5.82 Å². The van der Waals surface area contributed by atoms with E-state index in [1.54, 1.807) is 12.1 Å². The average Bonchev–Trinajstić information content (AvgIpc) is 3.08. The number of benzene rings is 2. The van der Waals surface area contributed by atoms with Gasteiger partial charge in [0.1, 0.15) is 5.82 Å². The van der Waals surface area contributed by atoms with E-state index in [1.165, 1.54) is 13.2 Å². The normalized spacial score (nSPS) is 12.3. The summed E-state index contributed by atoms with van der Waals surface area (Å²) in [6.45, 7) is 4.08. The molecule has 3 aromatic rings. The molecule has 1 aromatic heterocycles. The van der Waals surface area contributed by atoms with Crippen molar-refractivity contribution in [1.29, 1.82) is 0 Å². The highest BCUT2D eigenvalue weighted by atomic mass is 19.1. The highest BCUT2D eigenvalue weighted by Gasteiger charge is 2.21. The number of hydrogen-bond donors (Lipinski definition) is 2. The molecular weight excluding hydrogens is 345 g/mol. The lowest BCUT2D eigenvalue weighted by Crippen LogP contribution is -2.32. The van der Waals surface area contributed by atoms with Crippen molar-refractivity contribution in [1.82, 2.24) is 15.3 Å². The van der Waals surface area contributed by atoms with Crippen LogP contribution in [0.4, 0.5) is 4.39 Å². The van der Waals surface area contributed by atoms with Crippen molar-refractivity contribution in [3.8, 4) is 5.75 Å². The Morgan fingerprint density at radius 3 is 2.70 bits per heavy atom. The second-order valence-electron chi connectivity index (χ2n) is 6.90. The van der Waals surface area contributed by atoms with Gasteiger partial charge in [-0.25, -0.2) is 9.37 Å². The number of methoxy groups -OCH3 is 1. The maximum atomic E-state index is 13.8. The molecule has 0 unspecified atom stereocenters. The summed E-state index contributed by atoms with van der Waals surface area (Å²) in [5.41, 5.74) is 2.58. The summed E-state index contributed by atoms with van der Waals surface area (Å²) >= 11 is 0. The molecule has 6 heteroatoms. The maximum absolute atomic E-state index is 13.8. The first-order chi connectivity index (χ1) is 13.0. The maximum Gasteiger partial charge on any atom is 0.220 e. The molecule has 0 aliphatic heterocycles. The van der Waals surface area contributed by atoms with E-state index in [0.717, 1.165) is 22.4 Å². The summed E-state index contributed by atoms with van der Waals surface area (Å²) in [7, 11) is 1.43. The van der Waals surface area contributed by atoms with Crippen LogP contribution in [0.5, 0.6) is 5.75 Å². The fraction of sp³-hybridized carbons (Fsp3) is 0.333. The van der Waals surface area contributed by atoms with Crippen molar-refractivity contribution >= 4 is 16.9 Å². The van der Waals surface area contributed by atoms with E-state index in [1.807, 2.05) is 38.1 Å². The molecule has 0 bridgehead atoms. The van der Waals surface area contributed by atoms with Crippen LogP contribution in [-0.4, -0.2) is 23.0 Å². The minimum atomic E-state index is -0.419. The number of fused-ring (bicyclic) bond motifs is 1. The molecule has 1 heterocycles. The second-order valence-corrected chi connectivity index (χ2v) is 6.90. The largest absolute Gasteiger partial charge is 0.494 e. The van der Waals surface area contributed by atoms with Gasteiger partial charge in [-0.1, -0.05) is 32.0 Å². The highest BCUT2D eigenvalue weighted by molar-refractivity contribution is 5.77. The molecule has 0 radical (unpaired) electrons. The topological polar surface area (TPSA) is 67.0 Å². The molecule has 142 valence electrons. The molecule has 1 amide bonds. The van der Waals surface area contributed by atoms with E-state index in [-0.39, 0.29) is 30.0 Å². The first-order valence-electron chi connectivity index (χ1n) is 9.04.